The zero-order valence-corrected chi connectivity index (χ0v) is 18.3. The molecule has 0 bridgehead atoms. The standard InChI is InChI=1S/C24H30N4O/c1-7-29-12-8-10-27-11-9-20-18(5)25-23-22(19(6)26-28(23)24(20)27)21-16(3)13-15(2)14-17(21)4/h9,11,13-14H,7-8,10,12H2,1-6H3. The van der Waals surface area contributed by atoms with Gasteiger partial charge in [0.1, 0.15) is 5.65 Å². The Morgan fingerprint density at radius 1 is 0.966 bits per heavy atom. The third-order valence-corrected chi connectivity index (χ3v) is 5.65. The Labute approximate surface area is 172 Å². The minimum absolute atomic E-state index is 0.761. The largest absolute Gasteiger partial charge is 0.382 e. The molecular weight excluding hydrogens is 360 g/mol. The number of rotatable bonds is 6. The molecule has 0 spiro atoms. The summed E-state index contributed by atoms with van der Waals surface area (Å²) in [6.45, 7) is 15.2. The molecule has 0 amide bonds. The quantitative estimate of drug-likeness (QED) is 0.419. The van der Waals surface area contributed by atoms with Gasteiger partial charge in [0, 0.05) is 31.3 Å². The number of nitrogens with zero attached hydrogens (tertiary/aromatic N) is 4. The molecule has 152 valence electrons. The Kier molecular flexibility index (Phi) is 5.17. The molecule has 0 fully saturated rings. The predicted molar refractivity (Wildman–Crippen MR) is 119 cm³/mol. The molecule has 1 aromatic carbocycles. The van der Waals surface area contributed by atoms with Gasteiger partial charge in [0.15, 0.2) is 5.65 Å². The lowest BCUT2D eigenvalue weighted by atomic mass is 9.94. The normalized spacial score (nSPS) is 11.8. The van der Waals surface area contributed by atoms with Crippen molar-refractivity contribution in [1.82, 2.24) is 19.2 Å². The summed E-state index contributed by atoms with van der Waals surface area (Å²) in [7, 11) is 0. The highest BCUT2D eigenvalue weighted by atomic mass is 16.5. The number of fused-ring (bicyclic) bond motifs is 3. The number of hydrogen-bond acceptors (Lipinski definition) is 3. The van der Waals surface area contributed by atoms with Gasteiger partial charge in [-0.3, -0.25) is 0 Å². The summed E-state index contributed by atoms with van der Waals surface area (Å²) in [6.07, 6.45) is 3.12. The Balaban J connectivity index is 1.93. The third kappa shape index (κ3) is 3.33. The zero-order valence-electron chi connectivity index (χ0n) is 18.3. The number of ether oxygens (including phenoxy) is 1. The molecule has 0 aliphatic carbocycles. The fraction of sp³-hybridized carbons (Fsp3) is 0.417. The monoisotopic (exact) mass is 390 g/mol. The molecule has 3 heterocycles. The van der Waals surface area contributed by atoms with E-state index in [9.17, 15) is 0 Å². The van der Waals surface area contributed by atoms with Crippen molar-refractivity contribution in [1.29, 1.82) is 0 Å². The fourth-order valence-electron chi connectivity index (χ4n) is 4.50. The van der Waals surface area contributed by atoms with E-state index in [-0.39, 0.29) is 0 Å². The first-order valence-electron chi connectivity index (χ1n) is 10.4. The SMILES string of the molecule is CCOCCCn1ccc2c(C)nc3c(-c4c(C)cc(C)cc4C)c(C)nn3c21. The van der Waals surface area contributed by atoms with Crippen molar-refractivity contribution in [2.24, 2.45) is 0 Å². The van der Waals surface area contributed by atoms with Crippen LogP contribution < -0.4 is 0 Å². The van der Waals surface area contributed by atoms with Gasteiger partial charge in [-0.05, 0) is 70.7 Å². The minimum atomic E-state index is 0.761. The molecule has 0 saturated heterocycles. The maximum absolute atomic E-state index is 5.52. The van der Waals surface area contributed by atoms with Crippen LogP contribution in [0, 0.1) is 34.6 Å². The van der Waals surface area contributed by atoms with E-state index in [2.05, 4.69) is 63.6 Å². The number of hydrogen-bond donors (Lipinski definition) is 0. The molecule has 0 radical (unpaired) electrons. The summed E-state index contributed by atoms with van der Waals surface area (Å²) in [5.41, 5.74) is 10.3. The van der Waals surface area contributed by atoms with Crippen molar-refractivity contribution in [3.05, 3.63) is 52.5 Å². The maximum atomic E-state index is 5.52. The predicted octanol–water partition coefficient (Wildman–Crippen LogP) is 5.32. The van der Waals surface area contributed by atoms with Gasteiger partial charge in [-0.1, -0.05) is 17.7 Å². The van der Waals surface area contributed by atoms with Crippen molar-refractivity contribution >= 4 is 16.7 Å². The van der Waals surface area contributed by atoms with Crippen molar-refractivity contribution < 1.29 is 4.74 Å². The van der Waals surface area contributed by atoms with Crippen LogP contribution in [0.2, 0.25) is 0 Å². The van der Waals surface area contributed by atoms with E-state index >= 15 is 0 Å². The molecule has 0 saturated carbocycles. The molecule has 0 aliphatic rings. The van der Waals surface area contributed by atoms with Crippen LogP contribution in [0.4, 0.5) is 0 Å². The Bertz CT molecular complexity index is 1180. The minimum Gasteiger partial charge on any atom is -0.382 e. The Morgan fingerprint density at radius 2 is 1.69 bits per heavy atom. The van der Waals surface area contributed by atoms with E-state index in [4.69, 9.17) is 14.8 Å². The lowest BCUT2D eigenvalue weighted by Crippen LogP contribution is -2.06. The summed E-state index contributed by atoms with van der Waals surface area (Å²) < 4.78 is 9.84. The summed E-state index contributed by atoms with van der Waals surface area (Å²) >= 11 is 0. The smallest absolute Gasteiger partial charge is 0.165 e. The lowest BCUT2D eigenvalue weighted by Gasteiger charge is -2.12. The van der Waals surface area contributed by atoms with E-state index in [0.29, 0.717) is 0 Å². The Morgan fingerprint density at radius 3 is 2.38 bits per heavy atom. The van der Waals surface area contributed by atoms with Gasteiger partial charge < -0.3 is 9.30 Å². The van der Waals surface area contributed by atoms with Crippen LogP contribution in [0.5, 0.6) is 0 Å². The van der Waals surface area contributed by atoms with Crippen LogP contribution in [0.1, 0.15) is 41.4 Å². The van der Waals surface area contributed by atoms with E-state index in [1.807, 2.05) is 11.4 Å². The van der Waals surface area contributed by atoms with Crippen LogP contribution in [-0.2, 0) is 11.3 Å². The highest BCUT2D eigenvalue weighted by Gasteiger charge is 2.21. The van der Waals surface area contributed by atoms with Gasteiger partial charge >= 0.3 is 0 Å². The second-order valence-electron chi connectivity index (χ2n) is 7.96. The summed E-state index contributed by atoms with van der Waals surface area (Å²) in [6, 6.07) is 6.64. The number of aryl methyl sites for hydroxylation is 6. The molecule has 3 aromatic heterocycles. The molecular formula is C24H30N4O. The van der Waals surface area contributed by atoms with E-state index < -0.39 is 0 Å². The molecule has 5 nitrogen and oxygen atoms in total. The first-order chi connectivity index (χ1) is 13.9. The van der Waals surface area contributed by atoms with Crippen LogP contribution in [0.3, 0.4) is 0 Å². The lowest BCUT2D eigenvalue weighted by molar-refractivity contribution is 0.142. The van der Waals surface area contributed by atoms with E-state index in [0.717, 1.165) is 59.8 Å². The van der Waals surface area contributed by atoms with Gasteiger partial charge in [-0.25, -0.2) is 4.98 Å². The molecule has 0 unspecified atom stereocenters. The second kappa shape index (κ2) is 7.64. The topological polar surface area (TPSA) is 44.3 Å². The molecule has 29 heavy (non-hydrogen) atoms. The van der Waals surface area contributed by atoms with E-state index in [1.54, 1.807) is 0 Å². The summed E-state index contributed by atoms with van der Waals surface area (Å²) in [5, 5.41) is 6.10. The first-order valence-corrected chi connectivity index (χ1v) is 10.4. The van der Waals surface area contributed by atoms with Gasteiger partial charge in [-0.2, -0.15) is 9.61 Å². The molecule has 5 heteroatoms. The zero-order chi connectivity index (χ0) is 20.7. The van der Waals surface area contributed by atoms with Crippen LogP contribution in [0.25, 0.3) is 27.8 Å². The van der Waals surface area contributed by atoms with Gasteiger partial charge in [-0.15, -0.1) is 0 Å². The van der Waals surface area contributed by atoms with Crippen LogP contribution in [-0.4, -0.2) is 32.4 Å². The van der Waals surface area contributed by atoms with Gasteiger partial charge in [0.05, 0.1) is 17.0 Å². The van der Waals surface area contributed by atoms with Crippen molar-refractivity contribution in [3.63, 3.8) is 0 Å². The molecule has 4 rings (SSSR count). The van der Waals surface area contributed by atoms with Crippen molar-refractivity contribution in [2.75, 3.05) is 13.2 Å². The molecule has 0 atom stereocenters. The number of benzene rings is 1. The highest BCUT2D eigenvalue weighted by Crippen LogP contribution is 2.35. The highest BCUT2D eigenvalue weighted by molar-refractivity contribution is 5.89. The third-order valence-electron chi connectivity index (χ3n) is 5.65. The van der Waals surface area contributed by atoms with Gasteiger partial charge in [0.25, 0.3) is 0 Å². The molecule has 4 aromatic rings. The first kappa shape index (κ1) is 19.6. The fourth-order valence-corrected chi connectivity index (χ4v) is 4.50. The summed E-state index contributed by atoms with van der Waals surface area (Å²) in [5.74, 6) is 0. The van der Waals surface area contributed by atoms with Gasteiger partial charge in [0.2, 0.25) is 0 Å². The summed E-state index contributed by atoms with van der Waals surface area (Å²) in [4.78, 5) is 4.99. The van der Waals surface area contributed by atoms with Crippen molar-refractivity contribution in [2.45, 2.75) is 54.5 Å². The average molecular weight is 391 g/mol. The maximum Gasteiger partial charge on any atom is 0.165 e. The van der Waals surface area contributed by atoms with Crippen LogP contribution >= 0.6 is 0 Å². The van der Waals surface area contributed by atoms with E-state index in [1.165, 1.54) is 22.3 Å². The average Bonchev–Trinajstić information content (AvgIpc) is 3.21. The van der Waals surface area contributed by atoms with Crippen LogP contribution in [0.15, 0.2) is 24.4 Å². The molecule has 0 N–H and O–H groups in total. The van der Waals surface area contributed by atoms with Crippen molar-refractivity contribution in [3.8, 4) is 11.1 Å². The Hall–Kier alpha value is -2.66. The second-order valence-corrected chi connectivity index (χ2v) is 7.96. The number of aromatic nitrogens is 4. The molecule has 0 aliphatic heterocycles.